The highest BCUT2D eigenvalue weighted by Crippen LogP contribution is 2.27. The fraction of sp³-hybridized carbons (Fsp3) is 1.00. The van der Waals surface area contributed by atoms with Gasteiger partial charge in [0.15, 0.2) is 0 Å². The Morgan fingerprint density at radius 2 is 1.42 bits per heavy atom. The summed E-state index contributed by atoms with van der Waals surface area (Å²) in [6.45, 7) is 10.6. The quantitative estimate of drug-likeness (QED) is 0.547. The average Bonchev–Trinajstić information content (AvgIpc) is 1.80. The minimum absolute atomic E-state index is 0.0961. The van der Waals surface area contributed by atoms with Crippen molar-refractivity contribution in [2.75, 3.05) is 0 Å². The first kappa shape index (κ1) is 10.0. The molecule has 1 rings (SSSR count). The Morgan fingerprint density at radius 3 is 1.75 bits per heavy atom. The molecule has 0 amide bonds. The van der Waals surface area contributed by atoms with Crippen molar-refractivity contribution in [1.29, 1.82) is 0 Å². The second kappa shape index (κ2) is 2.71. The number of hydroxylamine groups is 2. The molecule has 72 valence electrons. The zero-order valence-electron chi connectivity index (χ0n) is 8.90. The summed E-state index contributed by atoms with van der Waals surface area (Å²) in [6.07, 6.45) is 2.10. The minimum Gasteiger partial charge on any atom is -0.634 e. The van der Waals surface area contributed by atoms with Crippen LogP contribution in [0.5, 0.6) is 0 Å². The van der Waals surface area contributed by atoms with Crippen LogP contribution in [0.4, 0.5) is 0 Å². The number of hydrogen-bond acceptors (Lipinski definition) is 1. The van der Waals surface area contributed by atoms with Crippen LogP contribution >= 0.6 is 0 Å². The van der Waals surface area contributed by atoms with Gasteiger partial charge < -0.3 is 10.3 Å². The maximum Gasteiger partial charge on any atom is 0.0923 e. The highest BCUT2D eigenvalue weighted by Gasteiger charge is 2.43. The minimum atomic E-state index is -0.0961. The fourth-order valence-electron chi connectivity index (χ4n) is 2.92. The van der Waals surface area contributed by atoms with Crippen LogP contribution < -0.4 is 5.06 Å². The maximum absolute atomic E-state index is 11.9. The van der Waals surface area contributed by atoms with Crippen LogP contribution in [0.3, 0.4) is 0 Å². The molecule has 1 aliphatic rings. The molecule has 1 saturated heterocycles. The van der Waals surface area contributed by atoms with Gasteiger partial charge in [0.2, 0.25) is 0 Å². The highest BCUT2D eigenvalue weighted by atomic mass is 16.5. The summed E-state index contributed by atoms with van der Waals surface area (Å²) in [5.41, 5.74) is -0.192. The molecule has 2 nitrogen and oxygen atoms in total. The largest absolute Gasteiger partial charge is 0.634 e. The Hall–Kier alpha value is -0.0800. The van der Waals surface area contributed by atoms with Crippen molar-refractivity contribution < 1.29 is 5.06 Å². The summed E-state index contributed by atoms with van der Waals surface area (Å²) in [6, 6.07) is 0. The molecule has 1 fully saturated rings. The fourth-order valence-corrected chi connectivity index (χ4v) is 2.92. The van der Waals surface area contributed by atoms with Gasteiger partial charge in [0.25, 0.3) is 0 Å². The van der Waals surface area contributed by atoms with Crippen molar-refractivity contribution in [2.24, 2.45) is 5.92 Å². The first-order valence-corrected chi connectivity index (χ1v) is 4.81. The van der Waals surface area contributed by atoms with Crippen molar-refractivity contribution in [2.45, 2.75) is 58.5 Å². The lowest BCUT2D eigenvalue weighted by atomic mass is 9.76. The summed E-state index contributed by atoms with van der Waals surface area (Å²) < 4.78 is 0. The third-order valence-electron chi connectivity index (χ3n) is 2.95. The molecule has 0 radical (unpaired) electrons. The van der Waals surface area contributed by atoms with Crippen molar-refractivity contribution in [3.8, 4) is 0 Å². The van der Waals surface area contributed by atoms with Gasteiger partial charge in [-0.25, -0.2) is 0 Å². The smallest absolute Gasteiger partial charge is 0.0923 e. The molecule has 1 N–H and O–H groups in total. The second-order valence-corrected chi connectivity index (χ2v) is 5.61. The van der Waals surface area contributed by atoms with Crippen LogP contribution in [-0.4, -0.2) is 11.1 Å². The van der Waals surface area contributed by atoms with Crippen LogP contribution in [0.15, 0.2) is 0 Å². The van der Waals surface area contributed by atoms with Gasteiger partial charge >= 0.3 is 0 Å². The SMILES string of the molecule is CC1CC(C)(C)[NH+]([O-])C(C)(C)C1. The topological polar surface area (TPSA) is 27.5 Å². The lowest BCUT2D eigenvalue weighted by Crippen LogP contribution is -3.23. The molecule has 12 heavy (non-hydrogen) atoms. The molecular formula is C10H21NO. The van der Waals surface area contributed by atoms with E-state index in [9.17, 15) is 5.21 Å². The Bertz CT molecular complexity index is 157. The van der Waals surface area contributed by atoms with E-state index in [-0.39, 0.29) is 11.1 Å². The first-order chi connectivity index (χ1) is 5.26. The van der Waals surface area contributed by atoms with Crippen LogP contribution in [0.25, 0.3) is 0 Å². The molecular weight excluding hydrogens is 150 g/mol. The molecule has 0 bridgehead atoms. The van der Waals surface area contributed by atoms with Gasteiger partial charge in [0, 0.05) is 12.8 Å². The van der Waals surface area contributed by atoms with Crippen molar-refractivity contribution in [1.82, 2.24) is 0 Å². The molecule has 0 atom stereocenters. The van der Waals surface area contributed by atoms with E-state index in [0.29, 0.717) is 11.0 Å². The van der Waals surface area contributed by atoms with Crippen LogP contribution in [0.1, 0.15) is 47.5 Å². The van der Waals surface area contributed by atoms with Gasteiger partial charge in [-0.1, -0.05) is 6.92 Å². The van der Waals surface area contributed by atoms with Crippen LogP contribution in [0, 0.1) is 11.1 Å². The van der Waals surface area contributed by atoms with E-state index in [1.54, 1.807) is 0 Å². The standard InChI is InChI=1S/C10H21NO/c1-8-6-9(2,3)11(12)10(4,5)7-8/h8,11H,6-7H2,1-5H3. The first-order valence-electron chi connectivity index (χ1n) is 4.81. The normalized spacial score (nSPS) is 39.5. The maximum atomic E-state index is 11.9. The molecule has 0 aromatic rings. The van der Waals surface area contributed by atoms with E-state index in [1.807, 2.05) is 0 Å². The van der Waals surface area contributed by atoms with Crippen LogP contribution in [-0.2, 0) is 0 Å². The number of nitrogens with one attached hydrogen (secondary N) is 1. The second-order valence-electron chi connectivity index (χ2n) is 5.61. The third-order valence-corrected chi connectivity index (χ3v) is 2.95. The van der Waals surface area contributed by atoms with E-state index < -0.39 is 0 Å². The van der Waals surface area contributed by atoms with Gasteiger partial charge in [-0.15, -0.1) is 0 Å². The zero-order valence-corrected chi connectivity index (χ0v) is 8.90. The van der Waals surface area contributed by atoms with Gasteiger partial charge in [-0.2, -0.15) is 0 Å². The molecule has 0 aromatic heterocycles. The number of quaternary nitrogens is 1. The number of hydrogen-bond donors (Lipinski definition) is 1. The van der Waals surface area contributed by atoms with E-state index >= 15 is 0 Å². The van der Waals surface area contributed by atoms with Crippen molar-refractivity contribution in [3.63, 3.8) is 0 Å². The predicted octanol–water partition coefficient (Wildman–Crippen LogP) is 1.36. The Labute approximate surface area is 75.5 Å². The van der Waals surface area contributed by atoms with E-state index in [4.69, 9.17) is 0 Å². The van der Waals surface area contributed by atoms with E-state index in [2.05, 4.69) is 34.6 Å². The summed E-state index contributed by atoms with van der Waals surface area (Å²) in [4.78, 5) is 0. The molecule has 1 aliphatic heterocycles. The van der Waals surface area contributed by atoms with Crippen molar-refractivity contribution in [3.05, 3.63) is 5.21 Å². The molecule has 0 unspecified atom stereocenters. The monoisotopic (exact) mass is 171 g/mol. The summed E-state index contributed by atoms with van der Waals surface area (Å²) in [5, 5.41) is 12.4. The molecule has 0 spiro atoms. The van der Waals surface area contributed by atoms with Crippen molar-refractivity contribution >= 4 is 0 Å². The lowest BCUT2D eigenvalue weighted by Gasteiger charge is -2.54. The Kier molecular flexibility index (Phi) is 2.26. The molecule has 0 aliphatic carbocycles. The average molecular weight is 171 g/mol. The molecule has 0 aromatic carbocycles. The summed E-state index contributed by atoms with van der Waals surface area (Å²) >= 11 is 0. The highest BCUT2D eigenvalue weighted by molar-refractivity contribution is 4.84. The molecule has 2 heteroatoms. The number of piperidine rings is 1. The Morgan fingerprint density at radius 1 is 1.08 bits per heavy atom. The molecule has 1 heterocycles. The van der Waals surface area contributed by atoms with E-state index in [0.717, 1.165) is 12.8 Å². The summed E-state index contributed by atoms with van der Waals surface area (Å²) in [5.74, 6) is 0.688. The van der Waals surface area contributed by atoms with Gasteiger partial charge in [0.05, 0.1) is 11.1 Å². The Balaban J connectivity index is 2.84. The predicted molar refractivity (Wildman–Crippen MR) is 50.9 cm³/mol. The van der Waals surface area contributed by atoms with Gasteiger partial charge in [-0.3, -0.25) is 0 Å². The van der Waals surface area contributed by atoms with Gasteiger partial charge in [0.1, 0.15) is 0 Å². The lowest BCUT2D eigenvalue weighted by molar-refractivity contribution is -0.956. The molecule has 0 saturated carbocycles. The zero-order chi connectivity index (χ0) is 9.57. The van der Waals surface area contributed by atoms with Gasteiger partial charge in [-0.05, 0) is 33.6 Å². The van der Waals surface area contributed by atoms with E-state index in [1.165, 1.54) is 0 Å². The third kappa shape index (κ3) is 1.64. The summed E-state index contributed by atoms with van der Waals surface area (Å²) in [7, 11) is 0. The van der Waals surface area contributed by atoms with Crippen LogP contribution in [0.2, 0.25) is 0 Å². The number of rotatable bonds is 0.